The number of nitrogens with zero attached hydrogens (tertiary/aromatic N) is 4. The third kappa shape index (κ3) is 2.88. The van der Waals surface area contributed by atoms with Crippen molar-refractivity contribution < 1.29 is 9.53 Å². The summed E-state index contributed by atoms with van der Waals surface area (Å²) in [7, 11) is 1.69. The highest BCUT2D eigenvalue weighted by atomic mass is 79.9. The minimum Gasteiger partial charge on any atom is -0.484 e. The molecule has 0 amide bonds. The van der Waals surface area contributed by atoms with Gasteiger partial charge in [-0.25, -0.2) is 0 Å². The number of rotatable bonds is 4. The second kappa shape index (κ2) is 5.05. The number of hydrogen-bond acceptors (Lipinski definition) is 5. The van der Waals surface area contributed by atoms with E-state index < -0.39 is 0 Å². The Morgan fingerprint density at radius 3 is 2.94 bits per heavy atom. The summed E-state index contributed by atoms with van der Waals surface area (Å²) < 4.78 is 6.21. The number of aromatic nitrogens is 4. The van der Waals surface area contributed by atoms with Gasteiger partial charge in [-0.15, -0.1) is 10.2 Å². The van der Waals surface area contributed by atoms with E-state index in [4.69, 9.17) is 4.74 Å². The van der Waals surface area contributed by atoms with Crippen molar-refractivity contribution in [3.8, 4) is 5.75 Å². The van der Waals surface area contributed by atoms with Crippen molar-refractivity contribution in [3.05, 3.63) is 34.1 Å². The van der Waals surface area contributed by atoms with E-state index >= 15 is 0 Å². The molecule has 6 nitrogen and oxygen atoms in total. The maximum atomic E-state index is 10.6. The number of benzene rings is 1. The molecule has 0 aliphatic rings. The van der Waals surface area contributed by atoms with Crippen molar-refractivity contribution in [1.82, 2.24) is 20.2 Å². The zero-order valence-corrected chi connectivity index (χ0v) is 10.6. The molecule has 0 radical (unpaired) electrons. The molecule has 2 aromatic rings. The Kier molecular flexibility index (Phi) is 3.48. The number of ether oxygens (including phenoxy) is 1. The van der Waals surface area contributed by atoms with E-state index in [1.807, 2.05) is 0 Å². The second-order valence-electron chi connectivity index (χ2n) is 3.29. The molecule has 2 rings (SSSR count). The van der Waals surface area contributed by atoms with Gasteiger partial charge in [0.2, 0.25) is 5.82 Å². The molecule has 0 N–H and O–H groups in total. The van der Waals surface area contributed by atoms with Crippen molar-refractivity contribution in [2.45, 2.75) is 6.61 Å². The molecule has 17 heavy (non-hydrogen) atoms. The number of tetrazole rings is 1. The molecule has 0 atom stereocenters. The number of carbonyl (C=O) groups excluding carboxylic acids is 1. The van der Waals surface area contributed by atoms with Gasteiger partial charge >= 0.3 is 0 Å². The third-order valence-corrected chi connectivity index (χ3v) is 2.62. The van der Waals surface area contributed by atoms with E-state index in [1.54, 1.807) is 25.2 Å². The first kappa shape index (κ1) is 11.7. The van der Waals surface area contributed by atoms with E-state index in [-0.39, 0.29) is 6.61 Å². The predicted octanol–water partition coefficient (Wildman–Crippen LogP) is 1.36. The van der Waals surface area contributed by atoms with E-state index in [0.717, 1.165) is 6.29 Å². The smallest absolute Gasteiger partial charge is 0.212 e. The molecule has 0 bridgehead atoms. The molecule has 1 aromatic heterocycles. The monoisotopic (exact) mass is 296 g/mol. The Hall–Kier alpha value is -1.76. The van der Waals surface area contributed by atoms with Gasteiger partial charge in [0.05, 0.1) is 11.5 Å². The van der Waals surface area contributed by atoms with E-state index in [1.165, 1.54) is 4.80 Å². The number of halogens is 1. The fourth-order valence-electron chi connectivity index (χ4n) is 1.23. The quantitative estimate of drug-likeness (QED) is 0.797. The van der Waals surface area contributed by atoms with Crippen molar-refractivity contribution in [3.63, 3.8) is 0 Å². The summed E-state index contributed by atoms with van der Waals surface area (Å²) in [6.07, 6.45) is 0.777. The van der Waals surface area contributed by atoms with Crippen LogP contribution in [0.2, 0.25) is 0 Å². The highest BCUT2D eigenvalue weighted by Gasteiger charge is 2.05. The number of hydrogen-bond donors (Lipinski definition) is 0. The van der Waals surface area contributed by atoms with Crippen molar-refractivity contribution in [1.29, 1.82) is 0 Å². The van der Waals surface area contributed by atoms with Gasteiger partial charge in [0, 0.05) is 5.56 Å². The van der Waals surface area contributed by atoms with Crippen molar-refractivity contribution >= 4 is 22.2 Å². The number of aldehydes is 1. The predicted molar refractivity (Wildman–Crippen MR) is 62.7 cm³/mol. The van der Waals surface area contributed by atoms with Crippen LogP contribution >= 0.6 is 15.9 Å². The average molecular weight is 297 g/mol. The minimum atomic E-state index is 0.229. The lowest BCUT2D eigenvalue weighted by Crippen LogP contribution is -1.99. The van der Waals surface area contributed by atoms with E-state index in [0.29, 0.717) is 21.6 Å². The standard InChI is InChI=1S/C10H9BrN4O2/c1-15-13-10(12-14-15)6-17-9-3-2-7(5-16)4-8(9)11/h2-5H,6H2,1H3. The average Bonchev–Trinajstić information content (AvgIpc) is 2.73. The summed E-state index contributed by atoms with van der Waals surface area (Å²) in [5, 5.41) is 11.5. The molecule has 0 saturated carbocycles. The Morgan fingerprint density at radius 1 is 1.53 bits per heavy atom. The Bertz CT molecular complexity index is 541. The molecule has 0 aliphatic carbocycles. The molecular formula is C10H9BrN4O2. The fraction of sp³-hybridized carbons (Fsp3) is 0.200. The number of aryl methyl sites for hydroxylation is 1. The second-order valence-corrected chi connectivity index (χ2v) is 4.15. The van der Waals surface area contributed by atoms with Crippen LogP contribution in [0.5, 0.6) is 5.75 Å². The highest BCUT2D eigenvalue weighted by Crippen LogP contribution is 2.25. The van der Waals surface area contributed by atoms with Crippen LogP contribution in [0.1, 0.15) is 16.2 Å². The van der Waals surface area contributed by atoms with Crippen LogP contribution in [-0.2, 0) is 13.7 Å². The summed E-state index contributed by atoms with van der Waals surface area (Å²) >= 11 is 3.32. The SMILES string of the molecule is Cn1nnc(COc2ccc(C=O)cc2Br)n1. The summed E-state index contributed by atoms with van der Waals surface area (Å²) in [5.41, 5.74) is 0.585. The summed E-state index contributed by atoms with van der Waals surface area (Å²) in [6, 6.07) is 5.08. The normalized spacial score (nSPS) is 10.2. The minimum absolute atomic E-state index is 0.229. The van der Waals surface area contributed by atoms with E-state index in [9.17, 15) is 4.79 Å². The summed E-state index contributed by atoms with van der Waals surface area (Å²) in [5.74, 6) is 1.13. The topological polar surface area (TPSA) is 69.9 Å². The van der Waals surface area contributed by atoms with Gasteiger partial charge in [-0.05, 0) is 39.3 Å². The zero-order valence-electron chi connectivity index (χ0n) is 9.00. The molecule has 0 aliphatic heterocycles. The first-order chi connectivity index (χ1) is 8.19. The van der Waals surface area contributed by atoms with Gasteiger partial charge in [-0.3, -0.25) is 4.79 Å². The molecule has 7 heteroatoms. The van der Waals surface area contributed by atoms with Crippen LogP contribution in [0, 0.1) is 0 Å². The third-order valence-electron chi connectivity index (χ3n) is 2.00. The van der Waals surface area contributed by atoms with E-state index in [2.05, 4.69) is 31.3 Å². The van der Waals surface area contributed by atoms with Gasteiger partial charge < -0.3 is 4.74 Å². The van der Waals surface area contributed by atoms with Crippen LogP contribution in [0.4, 0.5) is 0 Å². The number of carbonyl (C=O) groups is 1. The Balaban J connectivity index is 2.06. The van der Waals surface area contributed by atoms with Crippen LogP contribution < -0.4 is 4.74 Å². The Morgan fingerprint density at radius 2 is 2.35 bits per heavy atom. The molecule has 0 unspecified atom stereocenters. The maximum Gasteiger partial charge on any atom is 0.212 e. The van der Waals surface area contributed by atoms with Gasteiger partial charge in [0.15, 0.2) is 6.61 Å². The molecule has 0 fully saturated rings. The van der Waals surface area contributed by atoms with Gasteiger partial charge in [0.1, 0.15) is 12.0 Å². The van der Waals surface area contributed by atoms with Crippen LogP contribution in [0.3, 0.4) is 0 Å². The fourth-order valence-corrected chi connectivity index (χ4v) is 1.74. The van der Waals surface area contributed by atoms with Crippen LogP contribution in [0.25, 0.3) is 0 Å². The summed E-state index contributed by atoms with van der Waals surface area (Å²) in [4.78, 5) is 11.9. The molecule has 0 spiro atoms. The van der Waals surface area contributed by atoms with Gasteiger partial charge in [-0.1, -0.05) is 0 Å². The lowest BCUT2D eigenvalue weighted by atomic mass is 10.2. The largest absolute Gasteiger partial charge is 0.484 e. The first-order valence-electron chi connectivity index (χ1n) is 4.79. The lowest BCUT2D eigenvalue weighted by Gasteiger charge is -2.05. The van der Waals surface area contributed by atoms with Crippen LogP contribution in [0.15, 0.2) is 22.7 Å². The van der Waals surface area contributed by atoms with Gasteiger partial charge in [-0.2, -0.15) is 4.80 Å². The van der Waals surface area contributed by atoms with Crippen molar-refractivity contribution in [2.75, 3.05) is 0 Å². The summed E-state index contributed by atoms with van der Waals surface area (Å²) in [6.45, 7) is 0.229. The highest BCUT2D eigenvalue weighted by molar-refractivity contribution is 9.10. The molecule has 88 valence electrons. The zero-order chi connectivity index (χ0) is 12.3. The molecule has 1 aromatic carbocycles. The maximum absolute atomic E-state index is 10.6. The molecule has 0 saturated heterocycles. The van der Waals surface area contributed by atoms with Crippen LogP contribution in [-0.4, -0.2) is 26.5 Å². The first-order valence-corrected chi connectivity index (χ1v) is 5.59. The lowest BCUT2D eigenvalue weighted by molar-refractivity contribution is 0.112. The van der Waals surface area contributed by atoms with Crippen molar-refractivity contribution in [2.24, 2.45) is 7.05 Å². The van der Waals surface area contributed by atoms with Gasteiger partial charge in [0.25, 0.3) is 0 Å². The molecular weight excluding hydrogens is 288 g/mol. The Labute approximate surface area is 106 Å². The molecule has 1 heterocycles.